The summed E-state index contributed by atoms with van der Waals surface area (Å²) in [6.45, 7) is 30.9. The van der Waals surface area contributed by atoms with Crippen LogP contribution >= 0.6 is 0 Å². The van der Waals surface area contributed by atoms with Gasteiger partial charge in [0, 0.05) is 74.7 Å². The fraction of sp³-hybridized carbons (Fsp3) is 0.865. The number of nitrogens with zero attached hydrogens (tertiary/aromatic N) is 6. The Bertz CT molecular complexity index is 3640. The summed E-state index contributed by atoms with van der Waals surface area (Å²) in [5.74, 6) is 7.08. The molecule has 0 radical (unpaired) electrons. The Labute approximate surface area is 916 Å². The lowest BCUT2D eigenvalue weighted by molar-refractivity contribution is -0.143. The summed E-state index contributed by atoms with van der Waals surface area (Å²) in [4.78, 5) is 141. The fourth-order valence-corrected chi connectivity index (χ4v) is 27.6. The molecule has 0 aromatic rings. The highest BCUT2D eigenvalue weighted by atomic mass is 16.2. The van der Waals surface area contributed by atoms with Crippen molar-refractivity contribution < 1.29 is 47.9 Å². The van der Waals surface area contributed by atoms with Gasteiger partial charge in [0.25, 0.3) is 35.4 Å². The van der Waals surface area contributed by atoms with Gasteiger partial charge in [-0.15, -0.1) is 0 Å². The second kappa shape index (κ2) is 83.8. The maximum Gasteiger partial charge on any atom is 0.253 e. The Morgan fingerprint density at radius 3 is 0.772 bits per heavy atom. The Morgan fingerprint density at radius 2 is 0.490 bits per heavy atom. The minimum absolute atomic E-state index is 0.0615. The van der Waals surface area contributed by atoms with Crippen molar-refractivity contribution in [2.45, 2.75) is 633 Å². The first kappa shape index (κ1) is 132. The summed E-state index contributed by atoms with van der Waals surface area (Å²) >= 11 is 0. The van der Waals surface area contributed by atoms with E-state index in [1.54, 1.807) is 23.6 Å². The summed E-state index contributed by atoms with van der Waals surface area (Å²) in [7, 11) is 0. The van der Waals surface area contributed by atoms with E-state index in [4.69, 9.17) is 0 Å². The molecule has 4 heterocycles. The SMILES string of the molecule is C=C(C)C(=O)N(CCCCCCCCC(C)C(CCCCCCCCN(C(=O)C(=C)C)C1CC(=O)N(CCCCCCCCC2C(CCCCCCCCN3C(=O)C=CC3=O)CCC(CCCCCC)C2CCCCCCCC)C1=O)CCC(CCCCCC)CCCCCCCCC)C1CC(=O)N(CCCCCCCCC2C(CCCCCCCCN3C(=O)C=CC3=O)CCC(CCCCCC)C2CCCCCCCC)C1=O. The van der Waals surface area contributed by atoms with Crippen LogP contribution in [0.2, 0.25) is 0 Å². The first-order valence-corrected chi connectivity index (χ1v) is 65.3. The third-order valence-electron chi connectivity index (χ3n) is 36.9. The molecule has 0 aromatic heterocycles. The van der Waals surface area contributed by atoms with Crippen molar-refractivity contribution in [3.63, 3.8) is 0 Å². The van der Waals surface area contributed by atoms with Crippen LogP contribution in [-0.4, -0.2) is 140 Å². The highest BCUT2D eigenvalue weighted by Crippen LogP contribution is 2.51. The van der Waals surface area contributed by atoms with E-state index in [1.165, 1.54) is 461 Å². The van der Waals surface area contributed by atoms with Gasteiger partial charge in [-0.3, -0.25) is 67.5 Å². The van der Waals surface area contributed by atoms with Crippen LogP contribution in [0.15, 0.2) is 48.6 Å². The maximum atomic E-state index is 14.3. The number of unbranched alkanes of at least 4 members (excludes halogenated alkanes) is 55. The van der Waals surface area contributed by atoms with Gasteiger partial charge in [0.15, 0.2) is 0 Å². The molecule has 16 nitrogen and oxygen atoms in total. The van der Waals surface area contributed by atoms with Crippen LogP contribution in [0.4, 0.5) is 0 Å². The van der Waals surface area contributed by atoms with E-state index in [2.05, 4.69) is 61.6 Å². The van der Waals surface area contributed by atoms with Gasteiger partial charge in [-0.2, -0.15) is 0 Å². The van der Waals surface area contributed by atoms with Crippen molar-refractivity contribution in [3.8, 4) is 0 Å². The normalized spacial score (nSPS) is 20.7. The predicted molar refractivity (Wildman–Crippen MR) is 626 cm³/mol. The van der Waals surface area contributed by atoms with E-state index in [9.17, 15) is 47.9 Å². The molecule has 6 aliphatic rings. The number of imide groups is 4. The summed E-state index contributed by atoms with van der Waals surface area (Å²) < 4.78 is 0. The zero-order valence-electron chi connectivity index (χ0n) is 98.8. The zero-order valence-corrected chi connectivity index (χ0v) is 98.8. The van der Waals surface area contributed by atoms with Crippen molar-refractivity contribution in [2.75, 3.05) is 39.3 Å². The van der Waals surface area contributed by atoms with Crippen molar-refractivity contribution in [1.29, 1.82) is 0 Å². The van der Waals surface area contributed by atoms with E-state index in [1.807, 2.05) is 0 Å². The Hall–Kier alpha value is -5.54. The van der Waals surface area contributed by atoms with E-state index in [-0.39, 0.29) is 71.9 Å². The molecule has 4 fully saturated rings. The molecule has 13 atom stereocenters. The van der Waals surface area contributed by atoms with E-state index in [0.717, 1.165) is 182 Å². The number of amides is 10. The molecule has 4 aliphatic heterocycles. The first-order valence-electron chi connectivity index (χ1n) is 65.3. The van der Waals surface area contributed by atoms with Gasteiger partial charge in [0.2, 0.25) is 23.6 Å². The molecule has 0 aromatic carbocycles. The Balaban J connectivity index is 0.927. The largest absolute Gasteiger partial charge is 0.326 e. The predicted octanol–water partition coefficient (Wildman–Crippen LogP) is 36.0. The lowest BCUT2D eigenvalue weighted by atomic mass is 9.61. The molecule has 6 rings (SSSR count). The number of rotatable bonds is 99. The molecule has 149 heavy (non-hydrogen) atoms. The molecule has 0 bridgehead atoms. The monoisotopic (exact) mass is 2080 g/mol. The third-order valence-corrected chi connectivity index (χ3v) is 36.9. The lowest BCUT2D eigenvalue weighted by Gasteiger charge is -2.44. The van der Waals surface area contributed by atoms with E-state index >= 15 is 0 Å². The maximum absolute atomic E-state index is 14.3. The molecule has 0 spiro atoms. The number of likely N-dealkylation sites (tertiary alicyclic amines) is 2. The Morgan fingerprint density at radius 1 is 0.268 bits per heavy atom. The van der Waals surface area contributed by atoms with Crippen LogP contribution in [-0.2, 0) is 47.9 Å². The molecule has 2 saturated carbocycles. The summed E-state index contributed by atoms with van der Waals surface area (Å²) in [5.41, 5.74) is 0.823. The summed E-state index contributed by atoms with van der Waals surface area (Å²) in [5, 5.41) is 0. The molecule has 2 aliphatic carbocycles. The van der Waals surface area contributed by atoms with Gasteiger partial charge in [0.1, 0.15) is 12.1 Å². The second-order valence-corrected chi connectivity index (χ2v) is 49.1. The van der Waals surface area contributed by atoms with E-state index < -0.39 is 12.1 Å². The van der Waals surface area contributed by atoms with Gasteiger partial charge >= 0.3 is 0 Å². The van der Waals surface area contributed by atoms with Crippen molar-refractivity contribution in [1.82, 2.24) is 29.4 Å². The molecule has 856 valence electrons. The minimum Gasteiger partial charge on any atom is -0.326 e. The summed E-state index contributed by atoms with van der Waals surface area (Å²) in [6, 6.07) is -1.51. The topological polar surface area (TPSA) is 190 Å². The van der Waals surface area contributed by atoms with Crippen LogP contribution in [0.3, 0.4) is 0 Å². The number of hydrogen-bond acceptors (Lipinski definition) is 10. The second-order valence-electron chi connectivity index (χ2n) is 49.1. The molecular weight excluding hydrogens is 1840 g/mol. The molecule has 2 saturated heterocycles. The standard InChI is InChI=1S/C133H234N6O10/c1-12-18-24-30-33-47-63-81-112(80-62-27-21-15-4)91-92-113(82-66-48-35-41-56-74-102-135(131(147)110(9)10)123-108-129(145)139(133(123)149)106-78-60-45-39-54-72-90-121-117(86-68-50-37-43-58-76-104-137-126(142)99-100-127(137)143)96-94-115(84-65-29-23-17-6)119(121)88-70-52-32-26-20-14-3)111(11)79-61-46-34-40-55-73-101-134(130(146)109(7)8)122-107-128(144)138(132(122)148)105-77-59-44-38-53-71-89-120-116(85-67-49-36-42-57-75-103-136-124(140)97-98-125(136)141)95-93-114(83-64-28-22-16-5)118(120)87-69-51-31-25-19-13-2/h97-100,111-123H,7,9,12-96,101-108H2,1-6,8,10-11H3. The van der Waals surface area contributed by atoms with Crippen LogP contribution in [0.5, 0.6) is 0 Å². The van der Waals surface area contributed by atoms with Gasteiger partial charge in [-0.1, -0.05) is 511 Å². The smallest absolute Gasteiger partial charge is 0.253 e. The fourth-order valence-electron chi connectivity index (χ4n) is 27.6. The van der Waals surface area contributed by atoms with Gasteiger partial charge in [-0.05, 0) is 175 Å². The van der Waals surface area contributed by atoms with Crippen molar-refractivity contribution in [2.24, 2.45) is 65.1 Å². The average molecular weight is 2080 g/mol. The van der Waals surface area contributed by atoms with Crippen LogP contribution in [0.25, 0.3) is 0 Å². The first-order chi connectivity index (χ1) is 72.6. The number of carbonyl (C=O) groups is 10. The number of carbonyl (C=O) groups excluding carboxylic acids is 10. The van der Waals surface area contributed by atoms with Gasteiger partial charge in [-0.25, -0.2) is 0 Å². The van der Waals surface area contributed by atoms with E-state index in [0.29, 0.717) is 62.3 Å². The zero-order chi connectivity index (χ0) is 107. The van der Waals surface area contributed by atoms with Gasteiger partial charge in [0.05, 0.1) is 12.8 Å². The quantitative estimate of drug-likeness (QED) is 0.0322. The molecule has 10 amide bonds. The van der Waals surface area contributed by atoms with Crippen LogP contribution in [0.1, 0.15) is 621 Å². The molecule has 16 heteroatoms. The van der Waals surface area contributed by atoms with Gasteiger partial charge < -0.3 is 9.80 Å². The molecular formula is C133H234N6O10. The lowest BCUT2D eigenvalue weighted by Crippen LogP contribution is -2.46. The molecule has 13 unspecified atom stereocenters. The highest BCUT2D eigenvalue weighted by molar-refractivity contribution is 6.13. The number of hydrogen-bond donors (Lipinski definition) is 0. The molecule has 0 N–H and O–H groups in total. The van der Waals surface area contributed by atoms with Crippen LogP contribution < -0.4 is 0 Å². The minimum atomic E-state index is -0.755. The third kappa shape index (κ3) is 53.8. The van der Waals surface area contributed by atoms with Crippen molar-refractivity contribution >= 4 is 59.1 Å². The van der Waals surface area contributed by atoms with Crippen molar-refractivity contribution in [3.05, 3.63) is 48.6 Å². The summed E-state index contributed by atoms with van der Waals surface area (Å²) in [6.07, 6.45) is 112. The Kier molecular flexibility index (Phi) is 74.3. The highest BCUT2D eigenvalue weighted by Gasteiger charge is 2.46. The average Bonchev–Trinajstić information content (AvgIpc) is 1.74. The van der Waals surface area contributed by atoms with Crippen LogP contribution in [0, 0.1) is 65.1 Å².